The lowest BCUT2D eigenvalue weighted by atomic mass is 10.1. The van der Waals surface area contributed by atoms with E-state index >= 15 is 0 Å². The molecule has 29 heavy (non-hydrogen) atoms. The minimum atomic E-state index is -0.241. The van der Waals surface area contributed by atoms with Gasteiger partial charge in [0.1, 0.15) is 12.4 Å². The lowest BCUT2D eigenvalue weighted by molar-refractivity contribution is 0.269. The lowest BCUT2D eigenvalue weighted by Crippen LogP contribution is -2.13. The molecule has 3 aromatic rings. The summed E-state index contributed by atoms with van der Waals surface area (Å²) in [6, 6.07) is 17.7. The first-order valence-corrected chi connectivity index (χ1v) is 10.1. The van der Waals surface area contributed by atoms with Crippen LogP contribution < -0.4 is 14.8 Å². The van der Waals surface area contributed by atoms with Crippen LogP contribution in [0.2, 0.25) is 10.0 Å². The molecule has 0 fully saturated rings. The van der Waals surface area contributed by atoms with Gasteiger partial charge in [-0.1, -0.05) is 47.5 Å². The molecule has 0 unspecified atom stereocenters. The number of halogens is 3. The number of hydrogen-bond acceptors (Lipinski definition) is 3. The Morgan fingerprint density at radius 3 is 2.34 bits per heavy atom. The van der Waals surface area contributed by atoms with Gasteiger partial charge in [0.2, 0.25) is 0 Å². The van der Waals surface area contributed by atoms with Crippen molar-refractivity contribution in [3.63, 3.8) is 0 Å². The highest BCUT2D eigenvalue weighted by molar-refractivity contribution is 6.32. The van der Waals surface area contributed by atoms with Crippen molar-refractivity contribution in [1.82, 2.24) is 5.32 Å². The second kappa shape index (κ2) is 10.5. The molecule has 0 amide bonds. The molecule has 0 aliphatic heterocycles. The fourth-order valence-electron chi connectivity index (χ4n) is 2.86. The van der Waals surface area contributed by atoms with Crippen LogP contribution in [0.3, 0.4) is 0 Å². The minimum absolute atomic E-state index is 0.241. The third kappa shape index (κ3) is 6.36. The van der Waals surface area contributed by atoms with Crippen molar-refractivity contribution in [1.29, 1.82) is 0 Å². The van der Waals surface area contributed by atoms with Crippen LogP contribution in [-0.4, -0.2) is 6.61 Å². The van der Waals surface area contributed by atoms with Crippen molar-refractivity contribution in [2.24, 2.45) is 0 Å². The predicted molar refractivity (Wildman–Crippen MR) is 115 cm³/mol. The quantitative estimate of drug-likeness (QED) is 0.423. The molecule has 0 aliphatic rings. The van der Waals surface area contributed by atoms with E-state index in [2.05, 4.69) is 5.32 Å². The van der Waals surface area contributed by atoms with Gasteiger partial charge in [-0.25, -0.2) is 4.39 Å². The van der Waals surface area contributed by atoms with E-state index in [0.717, 1.165) is 16.7 Å². The van der Waals surface area contributed by atoms with Crippen molar-refractivity contribution < 1.29 is 13.9 Å². The molecule has 3 rings (SSSR count). The standard InChI is InChI=1S/C23H22Cl2FNO2/c1-2-28-22-12-18(14-27-13-16-6-8-20(26)9-7-16)11-21(25)23(22)29-15-17-4-3-5-19(24)10-17/h3-12,27H,2,13-15H2,1H3. The second-order valence-corrected chi connectivity index (χ2v) is 7.33. The van der Waals surface area contributed by atoms with Gasteiger partial charge >= 0.3 is 0 Å². The van der Waals surface area contributed by atoms with Crippen LogP contribution in [0, 0.1) is 5.82 Å². The summed E-state index contributed by atoms with van der Waals surface area (Å²) in [5.41, 5.74) is 2.92. The summed E-state index contributed by atoms with van der Waals surface area (Å²) in [6.07, 6.45) is 0. The van der Waals surface area contributed by atoms with E-state index in [9.17, 15) is 4.39 Å². The molecular weight excluding hydrogens is 412 g/mol. The van der Waals surface area contributed by atoms with E-state index in [1.165, 1.54) is 12.1 Å². The van der Waals surface area contributed by atoms with Crippen molar-refractivity contribution in [3.05, 3.63) is 93.2 Å². The predicted octanol–water partition coefficient (Wildman–Crippen LogP) is 6.40. The molecule has 0 spiro atoms. The lowest BCUT2D eigenvalue weighted by Gasteiger charge is -2.16. The summed E-state index contributed by atoms with van der Waals surface area (Å²) in [6.45, 7) is 3.95. The molecule has 0 atom stereocenters. The highest BCUT2D eigenvalue weighted by Gasteiger charge is 2.13. The zero-order valence-corrected chi connectivity index (χ0v) is 17.6. The maximum absolute atomic E-state index is 13.0. The van der Waals surface area contributed by atoms with E-state index in [0.29, 0.717) is 47.8 Å². The molecule has 0 saturated carbocycles. The van der Waals surface area contributed by atoms with Crippen LogP contribution in [0.1, 0.15) is 23.6 Å². The first-order valence-electron chi connectivity index (χ1n) is 9.32. The van der Waals surface area contributed by atoms with Crippen LogP contribution in [-0.2, 0) is 19.7 Å². The van der Waals surface area contributed by atoms with Crippen LogP contribution in [0.4, 0.5) is 4.39 Å². The Morgan fingerprint density at radius 2 is 1.62 bits per heavy atom. The molecule has 0 bridgehead atoms. The highest BCUT2D eigenvalue weighted by Crippen LogP contribution is 2.37. The topological polar surface area (TPSA) is 30.5 Å². The summed E-state index contributed by atoms with van der Waals surface area (Å²) >= 11 is 12.5. The summed E-state index contributed by atoms with van der Waals surface area (Å²) in [5.74, 6) is 0.867. The van der Waals surface area contributed by atoms with E-state index in [4.69, 9.17) is 32.7 Å². The second-order valence-electron chi connectivity index (χ2n) is 6.49. The number of hydrogen-bond donors (Lipinski definition) is 1. The van der Waals surface area contributed by atoms with Crippen molar-refractivity contribution >= 4 is 23.2 Å². The average molecular weight is 434 g/mol. The van der Waals surface area contributed by atoms with Gasteiger partial charge in [-0.05, 0) is 60.0 Å². The van der Waals surface area contributed by atoms with Gasteiger partial charge in [-0.2, -0.15) is 0 Å². The first kappa shape index (κ1) is 21.4. The highest BCUT2D eigenvalue weighted by atomic mass is 35.5. The summed E-state index contributed by atoms with van der Waals surface area (Å²) in [5, 5.41) is 4.47. The van der Waals surface area contributed by atoms with Gasteiger partial charge in [-0.15, -0.1) is 0 Å². The van der Waals surface area contributed by atoms with Gasteiger partial charge < -0.3 is 14.8 Å². The van der Waals surface area contributed by atoms with E-state index in [1.54, 1.807) is 12.1 Å². The average Bonchev–Trinajstić information content (AvgIpc) is 2.69. The first-order chi connectivity index (χ1) is 14.0. The molecule has 3 nitrogen and oxygen atoms in total. The fourth-order valence-corrected chi connectivity index (χ4v) is 3.36. The van der Waals surface area contributed by atoms with Crippen LogP contribution in [0.25, 0.3) is 0 Å². The van der Waals surface area contributed by atoms with Gasteiger partial charge in [-0.3, -0.25) is 0 Å². The Bertz CT molecular complexity index is 948. The molecule has 152 valence electrons. The molecule has 1 N–H and O–H groups in total. The molecule has 3 aromatic carbocycles. The number of rotatable bonds is 9. The van der Waals surface area contributed by atoms with Crippen LogP contribution >= 0.6 is 23.2 Å². The number of ether oxygens (including phenoxy) is 2. The summed E-state index contributed by atoms with van der Waals surface area (Å²) in [7, 11) is 0. The van der Waals surface area contributed by atoms with Crippen molar-refractivity contribution in [2.45, 2.75) is 26.6 Å². The number of nitrogens with one attached hydrogen (secondary N) is 1. The molecule has 0 aliphatic carbocycles. The third-order valence-electron chi connectivity index (χ3n) is 4.21. The van der Waals surface area contributed by atoms with E-state index < -0.39 is 0 Å². The molecule has 0 radical (unpaired) electrons. The van der Waals surface area contributed by atoms with E-state index in [1.807, 2.05) is 43.3 Å². The molecule has 6 heteroatoms. The van der Waals surface area contributed by atoms with Crippen molar-refractivity contribution in [2.75, 3.05) is 6.61 Å². The van der Waals surface area contributed by atoms with Gasteiger partial charge in [0, 0.05) is 18.1 Å². The molecule has 0 aromatic heterocycles. The maximum atomic E-state index is 13.0. The normalized spacial score (nSPS) is 10.8. The SMILES string of the molecule is CCOc1cc(CNCc2ccc(F)cc2)cc(Cl)c1OCc1cccc(Cl)c1. The molecular formula is C23H22Cl2FNO2. The largest absolute Gasteiger partial charge is 0.490 e. The Labute approximate surface area is 180 Å². The van der Waals surface area contributed by atoms with Gasteiger partial charge in [0.15, 0.2) is 11.5 Å². The monoisotopic (exact) mass is 433 g/mol. The Morgan fingerprint density at radius 1 is 0.862 bits per heavy atom. The smallest absolute Gasteiger partial charge is 0.180 e. The Balaban J connectivity index is 1.67. The third-order valence-corrected chi connectivity index (χ3v) is 4.73. The zero-order chi connectivity index (χ0) is 20.6. The fraction of sp³-hybridized carbons (Fsp3) is 0.217. The zero-order valence-electron chi connectivity index (χ0n) is 16.1. The Kier molecular flexibility index (Phi) is 7.76. The van der Waals surface area contributed by atoms with Gasteiger partial charge in [0.25, 0.3) is 0 Å². The van der Waals surface area contributed by atoms with Gasteiger partial charge in [0.05, 0.1) is 11.6 Å². The molecule has 0 saturated heterocycles. The molecule has 0 heterocycles. The number of benzene rings is 3. The van der Waals surface area contributed by atoms with E-state index in [-0.39, 0.29) is 5.82 Å². The van der Waals surface area contributed by atoms with Crippen LogP contribution in [0.5, 0.6) is 11.5 Å². The summed E-state index contributed by atoms with van der Waals surface area (Å²) in [4.78, 5) is 0. The Hall–Kier alpha value is -2.27. The van der Waals surface area contributed by atoms with Crippen molar-refractivity contribution in [3.8, 4) is 11.5 Å². The summed E-state index contributed by atoms with van der Waals surface area (Å²) < 4.78 is 24.7. The minimum Gasteiger partial charge on any atom is -0.490 e. The maximum Gasteiger partial charge on any atom is 0.180 e. The van der Waals surface area contributed by atoms with Crippen LogP contribution in [0.15, 0.2) is 60.7 Å².